The molecular formula is C7H5BrClN. The molecule has 1 nitrogen and oxygen atoms in total. The van der Waals surface area contributed by atoms with Crippen molar-refractivity contribution in [3.63, 3.8) is 0 Å². The van der Waals surface area contributed by atoms with Crippen LogP contribution in [0.15, 0.2) is 22.7 Å². The number of allylic oxidation sites excluding steroid dienone is 4. The molecule has 0 spiro atoms. The molecule has 0 amide bonds. The molecule has 0 N–H and O–H groups in total. The summed E-state index contributed by atoms with van der Waals surface area (Å²) in [5, 5.41) is 8.59. The van der Waals surface area contributed by atoms with Crippen LogP contribution < -0.4 is 0 Å². The van der Waals surface area contributed by atoms with E-state index in [2.05, 4.69) is 15.9 Å². The molecule has 3 heteroatoms. The molecule has 0 aliphatic heterocycles. The molecule has 10 heavy (non-hydrogen) atoms. The first-order valence-electron chi connectivity index (χ1n) is 2.80. The maximum absolute atomic E-state index is 8.59. The Morgan fingerprint density at radius 3 is 2.90 bits per heavy atom. The van der Waals surface area contributed by atoms with Crippen molar-refractivity contribution in [3.8, 4) is 6.07 Å². The zero-order chi connectivity index (χ0) is 7.61. The molecule has 0 heterocycles. The topological polar surface area (TPSA) is 23.8 Å². The largest absolute Gasteiger partial charge is 0.196 e. The van der Waals surface area contributed by atoms with Crippen molar-refractivity contribution >= 4 is 27.5 Å². The van der Waals surface area contributed by atoms with E-state index in [-0.39, 0.29) is 0 Å². The molecule has 0 bridgehead atoms. The Morgan fingerprint density at radius 2 is 2.50 bits per heavy atom. The van der Waals surface area contributed by atoms with Gasteiger partial charge in [-0.1, -0.05) is 39.7 Å². The highest BCUT2D eigenvalue weighted by Crippen LogP contribution is 2.31. The fourth-order valence-electron chi connectivity index (χ4n) is 0.745. The predicted octanol–water partition coefficient (Wildman–Crippen LogP) is 2.73. The lowest BCUT2D eigenvalue weighted by molar-refractivity contribution is 0.874. The second kappa shape index (κ2) is 2.77. The lowest BCUT2D eigenvalue weighted by Crippen LogP contribution is -2.16. The first-order valence-corrected chi connectivity index (χ1v) is 3.97. The minimum Gasteiger partial charge on any atom is -0.196 e. The maximum atomic E-state index is 8.59. The van der Waals surface area contributed by atoms with Gasteiger partial charge in [-0.05, 0) is 10.6 Å². The highest BCUT2D eigenvalue weighted by atomic mass is 79.9. The molecule has 0 aromatic carbocycles. The third-order valence-electron chi connectivity index (χ3n) is 1.25. The monoisotopic (exact) mass is 217 g/mol. The molecule has 0 radical (unpaired) electrons. The molecule has 0 saturated carbocycles. The normalized spacial score (nSPS) is 31.1. The van der Waals surface area contributed by atoms with Crippen molar-refractivity contribution in [1.29, 1.82) is 5.26 Å². The van der Waals surface area contributed by atoms with E-state index in [0.717, 1.165) is 4.48 Å². The molecular weight excluding hydrogens is 213 g/mol. The van der Waals surface area contributed by atoms with Crippen LogP contribution >= 0.6 is 27.5 Å². The van der Waals surface area contributed by atoms with Crippen LogP contribution in [0.2, 0.25) is 0 Å². The van der Waals surface area contributed by atoms with E-state index in [1.54, 1.807) is 12.2 Å². The van der Waals surface area contributed by atoms with Crippen molar-refractivity contribution in [3.05, 3.63) is 22.7 Å². The van der Waals surface area contributed by atoms with Crippen LogP contribution in [0, 0.1) is 11.3 Å². The van der Waals surface area contributed by atoms with Crippen LogP contribution in [0.4, 0.5) is 0 Å². The standard InChI is InChI=1S/C7H5BrClN/c8-6-2-1-3-7(9,4-6)5-10/h1-3H,4H2. The summed E-state index contributed by atoms with van der Waals surface area (Å²) in [6.45, 7) is 0. The fraction of sp³-hybridized carbons (Fsp3) is 0.286. The Bertz CT molecular complexity index is 238. The number of nitriles is 1. The van der Waals surface area contributed by atoms with E-state index in [1.807, 2.05) is 12.1 Å². The predicted molar refractivity (Wildman–Crippen MR) is 45.0 cm³/mol. The molecule has 1 aliphatic rings. The highest BCUT2D eigenvalue weighted by Gasteiger charge is 2.25. The quantitative estimate of drug-likeness (QED) is 0.574. The van der Waals surface area contributed by atoms with Crippen molar-refractivity contribution < 1.29 is 0 Å². The van der Waals surface area contributed by atoms with Gasteiger partial charge in [0.15, 0.2) is 4.87 Å². The van der Waals surface area contributed by atoms with Crippen LogP contribution in [0.5, 0.6) is 0 Å². The number of nitrogens with zero attached hydrogens (tertiary/aromatic N) is 1. The number of rotatable bonds is 0. The zero-order valence-corrected chi connectivity index (χ0v) is 7.48. The molecule has 1 atom stereocenters. The van der Waals surface area contributed by atoms with Gasteiger partial charge in [-0.15, -0.1) is 0 Å². The summed E-state index contributed by atoms with van der Waals surface area (Å²) < 4.78 is 0.964. The number of alkyl halides is 1. The third kappa shape index (κ3) is 1.62. The maximum Gasteiger partial charge on any atom is 0.153 e. The lowest BCUT2D eigenvalue weighted by atomic mass is 10.0. The molecule has 0 fully saturated rings. The van der Waals surface area contributed by atoms with E-state index >= 15 is 0 Å². The minimum atomic E-state index is -0.826. The van der Waals surface area contributed by atoms with Gasteiger partial charge in [0.2, 0.25) is 0 Å². The van der Waals surface area contributed by atoms with Gasteiger partial charge in [-0.2, -0.15) is 5.26 Å². The summed E-state index contributed by atoms with van der Waals surface area (Å²) in [5.41, 5.74) is 0. The summed E-state index contributed by atoms with van der Waals surface area (Å²) in [6, 6.07) is 2.02. The van der Waals surface area contributed by atoms with Crippen molar-refractivity contribution in [2.24, 2.45) is 0 Å². The summed E-state index contributed by atoms with van der Waals surface area (Å²) in [4.78, 5) is -0.826. The summed E-state index contributed by atoms with van der Waals surface area (Å²) >= 11 is 9.11. The van der Waals surface area contributed by atoms with Crippen LogP contribution in [0.3, 0.4) is 0 Å². The minimum absolute atomic E-state index is 0.557. The van der Waals surface area contributed by atoms with Crippen molar-refractivity contribution in [2.45, 2.75) is 11.3 Å². The van der Waals surface area contributed by atoms with E-state index < -0.39 is 4.87 Å². The van der Waals surface area contributed by atoms with Gasteiger partial charge in [-0.25, -0.2) is 0 Å². The Labute approximate surface area is 73.1 Å². The smallest absolute Gasteiger partial charge is 0.153 e. The number of hydrogen-bond donors (Lipinski definition) is 0. The molecule has 1 rings (SSSR count). The van der Waals surface area contributed by atoms with E-state index in [1.165, 1.54) is 0 Å². The zero-order valence-electron chi connectivity index (χ0n) is 5.14. The van der Waals surface area contributed by atoms with E-state index in [9.17, 15) is 0 Å². The van der Waals surface area contributed by atoms with Gasteiger partial charge in [0.25, 0.3) is 0 Å². The molecule has 0 aromatic rings. The molecule has 1 aliphatic carbocycles. The van der Waals surface area contributed by atoms with E-state index in [0.29, 0.717) is 6.42 Å². The molecule has 0 aromatic heterocycles. The lowest BCUT2D eigenvalue weighted by Gasteiger charge is -2.16. The van der Waals surface area contributed by atoms with Gasteiger partial charge < -0.3 is 0 Å². The molecule has 0 saturated heterocycles. The van der Waals surface area contributed by atoms with Crippen molar-refractivity contribution in [2.75, 3.05) is 0 Å². The van der Waals surface area contributed by atoms with Crippen LogP contribution in [0.1, 0.15) is 6.42 Å². The van der Waals surface area contributed by atoms with E-state index in [4.69, 9.17) is 16.9 Å². The highest BCUT2D eigenvalue weighted by molar-refractivity contribution is 9.11. The molecule has 1 unspecified atom stereocenters. The Balaban J connectivity index is 2.84. The first-order chi connectivity index (χ1) is 4.66. The van der Waals surface area contributed by atoms with Gasteiger partial charge in [0.1, 0.15) is 0 Å². The Morgan fingerprint density at radius 1 is 1.80 bits per heavy atom. The summed E-state index contributed by atoms with van der Waals surface area (Å²) in [7, 11) is 0. The van der Waals surface area contributed by atoms with Crippen LogP contribution in [0.25, 0.3) is 0 Å². The number of halogens is 2. The summed E-state index contributed by atoms with van der Waals surface area (Å²) in [5.74, 6) is 0. The summed E-state index contributed by atoms with van der Waals surface area (Å²) in [6.07, 6.45) is 5.92. The second-order valence-corrected chi connectivity index (χ2v) is 3.82. The van der Waals surface area contributed by atoms with Crippen molar-refractivity contribution in [1.82, 2.24) is 0 Å². The average Bonchev–Trinajstić information content (AvgIpc) is 1.88. The van der Waals surface area contributed by atoms with Gasteiger partial charge in [0.05, 0.1) is 6.07 Å². The molecule has 52 valence electrons. The SMILES string of the molecule is N#CC1(Cl)C=CC=C(Br)C1. The average molecular weight is 218 g/mol. The van der Waals surface area contributed by atoms with Gasteiger partial charge >= 0.3 is 0 Å². The Hall–Kier alpha value is -0.260. The van der Waals surface area contributed by atoms with Gasteiger partial charge in [-0.3, -0.25) is 0 Å². The van der Waals surface area contributed by atoms with Gasteiger partial charge in [0, 0.05) is 6.42 Å². The fourth-order valence-corrected chi connectivity index (χ4v) is 1.72. The van der Waals surface area contributed by atoms with Crippen LogP contribution in [-0.4, -0.2) is 4.87 Å². The first kappa shape index (κ1) is 7.84. The second-order valence-electron chi connectivity index (χ2n) is 2.12. The van der Waals surface area contributed by atoms with Crippen LogP contribution in [-0.2, 0) is 0 Å². The third-order valence-corrected chi connectivity index (χ3v) is 2.14. The number of hydrogen-bond acceptors (Lipinski definition) is 1. The Kier molecular flexibility index (Phi) is 2.18.